The highest BCUT2D eigenvalue weighted by molar-refractivity contribution is 9.10. The molecule has 0 aliphatic rings. The van der Waals surface area contributed by atoms with Crippen LogP contribution in [0.2, 0.25) is 0 Å². The van der Waals surface area contributed by atoms with E-state index in [1.54, 1.807) is 11.3 Å². The second-order valence-corrected chi connectivity index (χ2v) is 3.89. The molecule has 1 rings (SSSR count). The molecule has 0 N–H and O–H groups in total. The molecule has 0 spiro atoms. The van der Waals surface area contributed by atoms with Gasteiger partial charge in [-0.15, -0.1) is 11.3 Å². The Morgan fingerprint density at radius 3 is 2.67 bits per heavy atom. The van der Waals surface area contributed by atoms with E-state index in [9.17, 15) is 0 Å². The summed E-state index contributed by atoms with van der Waals surface area (Å²) < 4.78 is 1.22. The molecule has 0 atom stereocenters. The first-order valence-electron chi connectivity index (χ1n) is 2.59. The lowest BCUT2D eigenvalue weighted by Gasteiger charge is -1.88. The molecule has 0 saturated carbocycles. The van der Waals surface area contributed by atoms with E-state index in [1.807, 2.05) is 0 Å². The molecule has 0 unspecified atom stereocenters. The van der Waals surface area contributed by atoms with Crippen LogP contribution in [0.15, 0.2) is 9.85 Å². The number of thiophene rings is 1. The van der Waals surface area contributed by atoms with Crippen molar-refractivity contribution in [1.29, 1.82) is 0 Å². The predicted octanol–water partition coefficient (Wildman–Crippen LogP) is 3.25. The van der Waals surface area contributed by atoms with Crippen LogP contribution in [-0.2, 0) is 5.75 Å². The molecular weight excluding hydrogens is 216 g/mol. The smallest absolute Gasteiger partial charge is 0.0352 e. The minimum atomic E-state index is 0.832. The summed E-state index contributed by atoms with van der Waals surface area (Å²) >= 11 is 9.40. The highest BCUT2D eigenvalue weighted by Gasteiger charge is 2.01. The van der Waals surface area contributed by atoms with Gasteiger partial charge in [0.15, 0.2) is 0 Å². The van der Waals surface area contributed by atoms with E-state index in [0.717, 1.165) is 5.75 Å². The van der Waals surface area contributed by atoms with Crippen molar-refractivity contribution in [2.75, 3.05) is 0 Å². The van der Waals surface area contributed by atoms with E-state index in [0.29, 0.717) is 0 Å². The topological polar surface area (TPSA) is 0 Å². The van der Waals surface area contributed by atoms with Gasteiger partial charge >= 0.3 is 0 Å². The second-order valence-electron chi connectivity index (χ2n) is 1.81. The number of halogens is 1. The lowest BCUT2D eigenvalue weighted by Crippen LogP contribution is -1.69. The zero-order valence-electron chi connectivity index (χ0n) is 5.02. The van der Waals surface area contributed by atoms with Crippen molar-refractivity contribution in [3.63, 3.8) is 0 Å². The molecule has 0 aliphatic heterocycles. The molecule has 0 bridgehead atoms. The SMILES string of the molecule is Cc1csc(CS)c1Br. The minimum absolute atomic E-state index is 0.832. The zero-order chi connectivity index (χ0) is 6.85. The first-order chi connectivity index (χ1) is 4.25. The maximum Gasteiger partial charge on any atom is 0.0352 e. The molecule has 0 saturated heterocycles. The van der Waals surface area contributed by atoms with Crippen LogP contribution in [0.4, 0.5) is 0 Å². The Morgan fingerprint density at radius 1 is 1.78 bits per heavy atom. The van der Waals surface area contributed by atoms with Crippen LogP contribution >= 0.6 is 39.9 Å². The fourth-order valence-corrected chi connectivity index (χ4v) is 2.65. The standard InChI is InChI=1S/C6H7BrS2/c1-4-3-9-5(2-8)6(4)7/h3,8H,2H2,1H3. The van der Waals surface area contributed by atoms with Gasteiger partial charge in [0.2, 0.25) is 0 Å². The number of hydrogen-bond acceptors (Lipinski definition) is 2. The highest BCUT2D eigenvalue weighted by atomic mass is 79.9. The lowest BCUT2D eigenvalue weighted by atomic mass is 10.3. The van der Waals surface area contributed by atoms with Crippen molar-refractivity contribution in [2.24, 2.45) is 0 Å². The fourth-order valence-electron chi connectivity index (χ4n) is 0.590. The van der Waals surface area contributed by atoms with Crippen LogP contribution in [0.25, 0.3) is 0 Å². The molecule has 1 aromatic rings. The van der Waals surface area contributed by atoms with Crippen LogP contribution in [0.3, 0.4) is 0 Å². The van der Waals surface area contributed by atoms with Gasteiger partial charge in [-0.3, -0.25) is 0 Å². The van der Waals surface area contributed by atoms with Crippen molar-refractivity contribution < 1.29 is 0 Å². The normalized spacial score (nSPS) is 10.1. The van der Waals surface area contributed by atoms with Crippen LogP contribution in [-0.4, -0.2) is 0 Å². The summed E-state index contributed by atoms with van der Waals surface area (Å²) in [6.45, 7) is 2.09. The monoisotopic (exact) mass is 222 g/mol. The molecule has 0 fully saturated rings. The van der Waals surface area contributed by atoms with E-state index in [4.69, 9.17) is 0 Å². The molecule has 0 aliphatic carbocycles. The maximum atomic E-state index is 4.17. The van der Waals surface area contributed by atoms with Gasteiger partial charge in [0.05, 0.1) is 0 Å². The molecule has 0 radical (unpaired) electrons. The average Bonchev–Trinajstić information content (AvgIpc) is 2.15. The Labute approximate surface area is 72.8 Å². The van der Waals surface area contributed by atoms with Gasteiger partial charge in [-0.05, 0) is 33.8 Å². The van der Waals surface area contributed by atoms with Crippen LogP contribution in [0.5, 0.6) is 0 Å². The Bertz CT molecular complexity index is 205. The van der Waals surface area contributed by atoms with Crippen molar-refractivity contribution in [3.05, 3.63) is 20.3 Å². The molecule has 3 heteroatoms. The van der Waals surface area contributed by atoms with Crippen molar-refractivity contribution in [1.82, 2.24) is 0 Å². The molecule has 1 heterocycles. The lowest BCUT2D eigenvalue weighted by molar-refractivity contribution is 1.44. The quantitative estimate of drug-likeness (QED) is 0.694. The highest BCUT2D eigenvalue weighted by Crippen LogP contribution is 2.28. The molecule has 9 heavy (non-hydrogen) atoms. The number of hydrogen-bond donors (Lipinski definition) is 1. The Morgan fingerprint density at radius 2 is 2.44 bits per heavy atom. The van der Waals surface area contributed by atoms with E-state index in [1.165, 1.54) is 14.9 Å². The third kappa shape index (κ3) is 1.51. The first kappa shape index (κ1) is 7.63. The van der Waals surface area contributed by atoms with Crippen LogP contribution in [0.1, 0.15) is 10.4 Å². The fraction of sp³-hybridized carbons (Fsp3) is 0.333. The summed E-state index contributed by atoms with van der Waals surface area (Å²) in [5, 5.41) is 2.13. The summed E-state index contributed by atoms with van der Waals surface area (Å²) in [6.07, 6.45) is 0. The molecular formula is C6H7BrS2. The van der Waals surface area contributed by atoms with Crippen molar-refractivity contribution in [3.8, 4) is 0 Å². The molecule has 0 nitrogen and oxygen atoms in total. The molecule has 50 valence electrons. The van der Waals surface area contributed by atoms with E-state index >= 15 is 0 Å². The summed E-state index contributed by atoms with van der Waals surface area (Å²) in [4.78, 5) is 1.32. The zero-order valence-corrected chi connectivity index (χ0v) is 8.31. The van der Waals surface area contributed by atoms with Gasteiger partial charge in [0.25, 0.3) is 0 Å². The van der Waals surface area contributed by atoms with Gasteiger partial charge in [-0.1, -0.05) is 0 Å². The minimum Gasteiger partial charge on any atom is -0.174 e. The van der Waals surface area contributed by atoms with E-state index in [-0.39, 0.29) is 0 Å². The van der Waals surface area contributed by atoms with E-state index in [2.05, 4.69) is 40.9 Å². The number of rotatable bonds is 1. The van der Waals surface area contributed by atoms with Gasteiger partial charge in [-0.2, -0.15) is 12.6 Å². The van der Waals surface area contributed by atoms with Crippen molar-refractivity contribution >= 4 is 39.9 Å². The van der Waals surface area contributed by atoms with Crippen LogP contribution < -0.4 is 0 Å². The van der Waals surface area contributed by atoms with Gasteiger partial charge in [0, 0.05) is 15.1 Å². The van der Waals surface area contributed by atoms with Crippen LogP contribution in [0, 0.1) is 6.92 Å². The largest absolute Gasteiger partial charge is 0.174 e. The summed E-state index contributed by atoms with van der Waals surface area (Å²) in [6, 6.07) is 0. The predicted molar refractivity (Wildman–Crippen MR) is 49.4 cm³/mol. The average molecular weight is 223 g/mol. The molecule has 0 amide bonds. The Kier molecular flexibility index (Phi) is 2.61. The Hall–Kier alpha value is 0.530. The van der Waals surface area contributed by atoms with Gasteiger partial charge in [0.1, 0.15) is 0 Å². The third-order valence-corrected chi connectivity index (χ3v) is 4.11. The third-order valence-electron chi connectivity index (χ3n) is 1.11. The van der Waals surface area contributed by atoms with Gasteiger partial charge < -0.3 is 0 Å². The number of thiol groups is 1. The summed E-state index contributed by atoms with van der Waals surface area (Å²) in [5.74, 6) is 0.832. The van der Waals surface area contributed by atoms with Gasteiger partial charge in [-0.25, -0.2) is 0 Å². The Balaban J connectivity index is 3.04. The first-order valence-corrected chi connectivity index (χ1v) is 4.89. The summed E-state index contributed by atoms with van der Waals surface area (Å²) in [7, 11) is 0. The van der Waals surface area contributed by atoms with Crippen molar-refractivity contribution in [2.45, 2.75) is 12.7 Å². The molecule has 0 aromatic carbocycles. The second kappa shape index (κ2) is 3.08. The molecule has 1 aromatic heterocycles. The summed E-state index contributed by atoms with van der Waals surface area (Å²) in [5.41, 5.74) is 1.31. The maximum absolute atomic E-state index is 4.17. The number of aryl methyl sites for hydroxylation is 1. The van der Waals surface area contributed by atoms with E-state index < -0.39 is 0 Å².